The van der Waals surface area contributed by atoms with Gasteiger partial charge in [0.15, 0.2) is 0 Å². The number of halogens is 3. The minimum atomic E-state index is -1.07. The lowest BCUT2D eigenvalue weighted by Crippen LogP contribution is -2.54. The predicted octanol–water partition coefficient (Wildman–Crippen LogP) is 4.86. The lowest BCUT2D eigenvalue weighted by molar-refractivity contribution is -0.122. The van der Waals surface area contributed by atoms with Crippen molar-refractivity contribution in [2.75, 3.05) is 4.90 Å². The standard InChI is InChI=1S/C24H15ClF2N2O4/c25-16-9-10-21(33-13-14-5-1-2-6-18(14)26)15(11-16)12-17-22(30)28-24(32)29(23(17)31)20-8-4-3-7-19(20)27/h1-12H,13H2,(H,28,30,32)/b17-12-. The van der Waals surface area contributed by atoms with Gasteiger partial charge in [0.2, 0.25) is 0 Å². The number of benzene rings is 3. The highest BCUT2D eigenvalue weighted by Crippen LogP contribution is 2.29. The molecule has 0 radical (unpaired) electrons. The van der Waals surface area contributed by atoms with Gasteiger partial charge in [-0.05, 0) is 42.5 Å². The summed E-state index contributed by atoms with van der Waals surface area (Å²) >= 11 is 6.07. The molecule has 3 aromatic carbocycles. The molecule has 1 heterocycles. The molecule has 3 aromatic rings. The van der Waals surface area contributed by atoms with Gasteiger partial charge in [0, 0.05) is 16.1 Å². The van der Waals surface area contributed by atoms with E-state index < -0.39 is 35.1 Å². The van der Waals surface area contributed by atoms with Crippen molar-refractivity contribution in [1.29, 1.82) is 0 Å². The van der Waals surface area contributed by atoms with Crippen LogP contribution in [0.3, 0.4) is 0 Å². The summed E-state index contributed by atoms with van der Waals surface area (Å²) < 4.78 is 33.9. The Hall–Kier alpha value is -4.04. The topological polar surface area (TPSA) is 75.7 Å². The average molecular weight is 469 g/mol. The number of ether oxygens (including phenoxy) is 1. The summed E-state index contributed by atoms with van der Waals surface area (Å²) in [5.41, 5.74) is -0.203. The summed E-state index contributed by atoms with van der Waals surface area (Å²) in [5.74, 6) is -3.03. The van der Waals surface area contributed by atoms with Crippen LogP contribution in [0.25, 0.3) is 6.08 Å². The van der Waals surface area contributed by atoms with E-state index in [1.54, 1.807) is 18.2 Å². The van der Waals surface area contributed by atoms with Crippen molar-refractivity contribution >= 4 is 41.2 Å². The van der Waals surface area contributed by atoms with Crippen molar-refractivity contribution < 1.29 is 27.9 Å². The molecule has 4 amide bonds. The van der Waals surface area contributed by atoms with Crippen LogP contribution in [-0.2, 0) is 16.2 Å². The molecule has 6 nitrogen and oxygen atoms in total. The monoisotopic (exact) mass is 468 g/mol. The van der Waals surface area contributed by atoms with Gasteiger partial charge in [-0.15, -0.1) is 0 Å². The van der Waals surface area contributed by atoms with Gasteiger partial charge < -0.3 is 4.74 Å². The van der Waals surface area contributed by atoms with E-state index in [0.717, 1.165) is 6.07 Å². The summed E-state index contributed by atoms with van der Waals surface area (Å²) in [6.45, 7) is -0.121. The number of barbiturate groups is 1. The number of carbonyl (C=O) groups excluding carboxylic acids is 3. The van der Waals surface area contributed by atoms with Gasteiger partial charge in [-0.1, -0.05) is 41.9 Å². The number of anilines is 1. The van der Waals surface area contributed by atoms with E-state index in [-0.39, 0.29) is 28.6 Å². The second-order valence-corrected chi connectivity index (χ2v) is 7.41. The summed E-state index contributed by atoms with van der Waals surface area (Å²) in [4.78, 5) is 38.3. The molecule has 0 aliphatic carbocycles. The molecule has 0 spiro atoms. The fraction of sp³-hybridized carbons (Fsp3) is 0.0417. The Kier molecular flexibility index (Phi) is 6.19. The smallest absolute Gasteiger partial charge is 0.336 e. The molecule has 33 heavy (non-hydrogen) atoms. The van der Waals surface area contributed by atoms with Crippen LogP contribution < -0.4 is 15.0 Å². The number of urea groups is 1. The Bertz CT molecular complexity index is 1310. The third-order valence-electron chi connectivity index (χ3n) is 4.81. The van der Waals surface area contributed by atoms with Gasteiger partial charge in [0.1, 0.15) is 29.6 Å². The molecule has 166 valence electrons. The number of para-hydroxylation sites is 1. The predicted molar refractivity (Wildman–Crippen MR) is 118 cm³/mol. The van der Waals surface area contributed by atoms with E-state index in [9.17, 15) is 23.2 Å². The van der Waals surface area contributed by atoms with Crippen molar-refractivity contribution in [2.24, 2.45) is 0 Å². The average Bonchev–Trinajstić information content (AvgIpc) is 2.78. The quantitative estimate of drug-likeness (QED) is 0.428. The maximum atomic E-state index is 14.2. The molecule has 1 N–H and O–H groups in total. The summed E-state index contributed by atoms with van der Waals surface area (Å²) in [5, 5.41) is 2.31. The highest BCUT2D eigenvalue weighted by atomic mass is 35.5. The third kappa shape index (κ3) is 4.61. The zero-order valence-corrected chi connectivity index (χ0v) is 17.6. The van der Waals surface area contributed by atoms with E-state index in [4.69, 9.17) is 16.3 Å². The maximum absolute atomic E-state index is 14.2. The molecule has 0 atom stereocenters. The summed E-state index contributed by atoms with van der Waals surface area (Å²) in [7, 11) is 0. The van der Waals surface area contributed by atoms with E-state index >= 15 is 0 Å². The summed E-state index contributed by atoms with van der Waals surface area (Å²) in [6.07, 6.45) is 1.18. The molecule has 9 heteroatoms. The van der Waals surface area contributed by atoms with Crippen LogP contribution >= 0.6 is 11.6 Å². The molecule has 0 aromatic heterocycles. The van der Waals surface area contributed by atoms with Crippen LogP contribution in [0.1, 0.15) is 11.1 Å². The number of hydrogen-bond donors (Lipinski definition) is 1. The van der Waals surface area contributed by atoms with Crippen LogP contribution in [0.15, 0.2) is 72.3 Å². The van der Waals surface area contributed by atoms with Crippen molar-refractivity contribution in [3.8, 4) is 5.75 Å². The summed E-state index contributed by atoms with van der Waals surface area (Å²) in [6, 6.07) is 14.6. The first kappa shape index (κ1) is 22.2. The van der Waals surface area contributed by atoms with Crippen LogP contribution in [0, 0.1) is 11.6 Å². The second-order valence-electron chi connectivity index (χ2n) is 6.97. The van der Waals surface area contributed by atoms with Crippen LogP contribution in [0.2, 0.25) is 5.02 Å². The zero-order chi connectivity index (χ0) is 23.5. The first-order chi connectivity index (χ1) is 15.8. The van der Waals surface area contributed by atoms with Crippen LogP contribution in [-0.4, -0.2) is 17.8 Å². The Balaban J connectivity index is 1.70. The highest BCUT2D eigenvalue weighted by Gasteiger charge is 2.38. The fourth-order valence-corrected chi connectivity index (χ4v) is 3.38. The molecule has 0 unspecified atom stereocenters. The second kappa shape index (κ2) is 9.22. The number of carbonyl (C=O) groups is 3. The highest BCUT2D eigenvalue weighted by molar-refractivity contribution is 6.39. The normalized spacial score (nSPS) is 15.1. The molecular weight excluding hydrogens is 454 g/mol. The molecule has 1 aliphatic heterocycles. The Morgan fingerprint density at radius 1 is 0.939 bits per heavy atom. The molecule has 4 rings (SSSR count). The first-order valence-corrected chi connectivity index (χ1v) is 10.0. The van der Waals surface area contributed by atoms with Crippen molar-refractivity contribution in [3.05, 3.63) is 100 Å². The number of nitrogens with one attached hydrogen (secondary N) is 1. The lowest BCUT2D eigenvalue weighted by Gasteiger charge is -2.26. The Labute approximate surface area is 192 Å². The molecule has 1 aliphatic rings. The molecule has 0 saturated carbocycles. The minimum Gasteiger partial charge on any atom is -0.488 e. The fourth-order valence-electron chi connectivity index (χ4n) is 3.20. The number of hydrogen-bond acceptors (Lipinski definition) is 4. The van der Waals surface area contributed by atoms with Crippen molar-refractivity contribution in [3.63, 3.8) is 0 Å². The third-order valence-corrected chi connectivity index (χ3v) is 5.04. The van der Waals surface area contributed by atoms with Crippen molar-refractivity contribution in [2.45, 2.75) is 6.61 Å². The molecular formula is C24H15ClF2N2O4. The van der Waals surface area contributed by atoms with Crippen molar-refractivity contribution in [1.82, 2.24) is 5.32 Å². The lowest BCUT2D eigenvalue weighted by atomic mass is 10.1. The number of amides is 4. The Morgan fingerprint density at radius 2 is 1.64 bits per heavy atom. The number of nitrogens with zero attached hydrogens (tertiary/aromatic N) is 1. The molecule has 0 bridgehead atoms. The molecule has 1 saturated heterocycles. The van der Waals surface area contributed by atoms with Gasteiger partial charge >= 0.3 is 6.03 Å². The van der Waals surface area contributed by atoms with Gasteiger partial charge in [-0.3, -0.25) is 14.9 Å². The van der Waals surface area contributed by atoms with Gasteiger partial charge in [-0.2, -0.15) is 0 Å². The van der Waals surface area contributed by atoms with E-state index in [0.29, 0.717) is 10.5 Å². The first-order valence-electron chi connectivity index (χ1n) is 9.67. The maximum Gasteiger partial charge on any atom is 0.336 e. The SMILES string of the molecule is O=C1NC(=O)N(c2ccccc2F)C(=O)/C1=C\c1cc(Cl)ccc1OCc1ccccc1F. The van der Waals surface area contributed by atoms with Gasteiger partial charge in [-0.25, -0.2) is 18.5 Å². The molecule has 1 fully saturated rings. The number of imide groups is 2. The van der Waals surface area contributed by atoms with Crippen LogP contribution in [0.4, 0.5) is 19.3 Å². The van der Waals surface area contributed by atoms with E-state index in [1.165, 1.54) is 48.5 Å². The van der Waals surface area contributed by atoms with E-state index in [2.05, 4.69) is 0 Å². The van der Waals surface area contributed by atoms with Gasteiger partial charge in [0.25, 0.3) is 11.8 Å². The van der Waals surface area contributed by atoms with Crippen LogP contribution in [0.5, 0.6) is 5.75 Å². The Morgan fingerprint density at radius 3 is 2.36 bits per heavy atom. The van der Waals surface area contributed by atoms with E-state index in [1.807, 2.05) is 5.32 Å². The largest absolute Gasteiger partial charge is 0.488 e. The van der Waals surface area contributed by atoms with Gasteiger partial charge in [0.05, 0.1) is 5.69 Å². The number of rotatable bonds is 5. The minimum absolute atomic E-state index is 0.121. The zero-order valence-electron chi connectivity index (χ0n) is 16.8.